The number of nitrogens with zero attached hydrogens (tertiary/aromatic N) is 1. The largest absolute Gasteiger partial charge is 0.334 e. The van der Waals surface area contributed by atoms with E-state index in [0.29, 0.717) is 6.54 Å². The van der Waals surface area contributed by atoms with E-state index in [-0.39, 0.29) is 11.4 Å². The average molecular weight is 458 g/mol. The lowest BCUT2D eigenvalue weighted by atomic mass is 9.79. The summed E-state index contributed by atoms with van der Waals surface area (Å²) in [5.74, 6) is 0. The van der Waals surface area contributed by atoms with E-state index < -0.39 is 0 Å². The van der Waals surface area contributed by atoms with Crippen molar-refractivity contribution in [2.24, 2.45) is 5.14 Å². The molecule has 0 radical (unpaired) electrons. The highest BCUT2D eigenvalue weighted by molar-refractivity contribution is 7.97. The SMILES string of the molecule is Cc1cccc(-c2ccc3c(c2)C2(CCCC2)CN3C(=O)NCc2ccc(SN)cc2)c1C. The van der Waals surface area contributed by atoms with Crippen molar-refractivity contribution >= 4 is 23.7 Å². The van der Waals surface area contributed by atoms with Crippen molar-refractivity contribution in [3.63, 3.8) is 0 Å². The number of amides is 2. The Labute approximate surface area is 200 Å². The molecule has 1 aliphatic carbocycles. The van der Waals surface area contributed by atoms with Crippen LogP contribution in [0, 0.1) is 13.8 Å². The Morgan fingerprint density at radius 3 is 2.55 bits per heavy atom. The van der Waals surface area contributed by atoms with Gasteiger partial charge in [-0.1, -0.05) is 49.2 Å². The number of hydrogen-bond acceptors (Lipinski definition) is 3. The summed E-state index contributed by atoms with van der Waals surface area (Å²) in [6, 6.07) is 21.2. The molecule has 1 fully saturated rings. The molecule has 2 amide bonds. The van der Waals surface area contributed by atoms with E-state index in [1.165, 1.54) is 52.6 Å². The molecule has 3 N–H and O–H groups in total. The molecule has 1 aliphatic heterocycles. The van der Waals surface area contributed by atoms with Crippen LogP contribution in [0.25, 0.3) is 11.1 Å². The molecule has 0 aromatic heterocycles. The van der Waals surface area contributed by atoms with Gasteiger partial charge in [0.15, 0.2) is 0 Å². The molecule has 170 valence electrons. The number of anilines is 1. The first-order valence-electron chi connectivity index (χ1n) is 11.7. The molecule has 1 heterocycles. The van der Waals surface area contributed by atoms with Gasteiger partial charge in [-0.25, -0.2) is 4.79 Å². The average Bonchev–Trinajstić information content (AvgIpc) is 3.45. The van der Waals surface area contributed by atoms with Gasteiger partial charge in [-0.2, -0.15) is 0 Å². The molecule has 0 bridgehead atoms. The second-order valence-corrected chi connectivity index (χ2v) is 10.2. The van der Waals surface area contributed by atoms with E-state index in [9.17, 15) is 4.79 Å². The van der Waals surface area contributed by atoms with Gasteiger partial charge in [-0.15, -0.1) is 0 Å². The van der Waals surface area contributed by atoms with Gasteiger partial charge in [-0.3, -0.25) is 10.0 Å². The highest BCUT2D eigenvalue weighted by atomic mass is 32.2. The van der Waals surface area contributed by atoms with Crippen LogP contribution in [-0.2, 0) is 12.0 Å². The summed E-state index contributed by atoms with van der Waals surface area (Å²) >= 11 is 1.23. The van der Waals surface area contributed by atoms with Crippen LogP contribution in [-0.4, -0.2) is 12.6 Å². The second kappa shape index (κ2) is 8.88. The standard InChI is InChI=1S/C28H31N3OS/c1-19-6-5-7-24(20(19)2)22-10-13-26-25(16-22)28(14-3-4-15-28)18-31(26)27(32)30-17-21-8-11-23(33-29)12-9-21/h5-13,16H,3-4,14-15,17-18,29H2,1-2H3,(H,30,32). The normalized spacial score (nSPS) is 16.3. The number of hydrogen-bond donors (Lipinski definition) is 2. The lowest BCUT2D eigenvalue weighted by Gasteiger charge is -2.25. The van der Waals surface area contributed by atoms with Crippen molar-refractivity contribution in [2.75, 3.05) is 11.4 Å². The van der Waals surface area contributed by atoms with Crippen molar-refractivity contribution in [1.82, 2.24) is 5.32 Å². The number of urea groups is 1. The maximum Gasteiger partial charge on any atom is 0.322 e. The van der Waals surface area contributed by atoms with Crippen LogP contribution in [0.1, 0.15) is 47.9 Å². The Hall–Kier alpha value is -2.76. The van der Waals surface area contributed by atoms with E-state index in [1.807, 2.05) is 29.2 Å². The third kappa shape index (κ3) is 4.04. The zero-order valence-electron chi connectivity index (χ0n) is 19.4. The van der Waals surface area contributed by atoms with Gasteiger partial charge >= 0.3 is 6.03 Å². The van der Waals surface area contributed by atoms with E-state index in [2.05, 4.69) is 55.6 Å². The summed E-state index contributed by atoms with van der Waals surface area (Å²) in [6.45, 7) is 5.64. The van der Waals surface area contributed by atoms with Crippen LogP contribution in [0.2, 0.25) is 0 Å². The lowest BCUT2D eigenvalue weighted by molar-refractivity contribution is 0.245. The minimum absolute atomic E-state index is 0.0169. The summed E-state index contributed by atoms with van der Waals surface area (Å²) in [5.41, 5.74) is 8.74. The molecule has 3 aromatic carbocycles. The Morgan fingerprint density at radius 2 is 1.82 bits per heavy atom. The maximum atomic E-state index is 13.3. The molecular formula is C28H31N3OS. The number of aryl methyl sites for hydroxylation is 1. The number of nitrogens with one attached hydrogen (secondary N) is 1. The van der Waals surface area contributed by atoms with Crippen LogP contribution in [0.5, 0.6) is 0 Å². The predicted molar refractivity (Wildman–Crippen MR) is 138 cm³/mol. The summed E-state index contributed by atoms with van der Waals surface area (Å²) < 4.78 is 0. The van der Waals surface area contributed by atoms with Crippen LogP contribution in [0.4, 0.5) is 10.5 Å². The van der Waals surface area contributed by atoms with Crippen LogP contribution in [0.15, 0.2) is 65.6 Å². The van der Waals surface area contributed by atoms with E-state index >= 15 is 0 Å². The third-order valence-electron chi connectivity index (χ3n) is 7.54. The van der Waals surface area contributed by atoms with E-state index in [4.69, 9.17) is 5.14 Å². The quantitative estimate of drug-likeness (QED) is 0.441. The fraction of sp³-hybridized carbons (Fsp3) is 0.321. The minimum Gasteiger partial charge on any atom is -0.334 e. The van der Waals surface area contributed by atoms with Gasteiger partial charge in [0, 0.05) is 29.1 Å². The summed E-state index contributed by atoms with van der Waals surface area (Å²) in [7, 11) is 0. The topological polar surface area (TPSA) is 58.4 Å². The third-order valence-corrected chi connectivity index (χ3v) is 8.09. The molecule has 0 atom stereocenters. The molecule has 1 saturated carbocycles. The summed E-state index contributed by atoms with van der Waals surface area (Å²) in [6.07, 6.45) is 4.76. The molecule has 0 saturated heterocycles. The first-order valence-corrected chi connectivity index (χ1v) is 12.6. The number of benzene rings is 3. The Morgan fingerprint density at radius 1 is 1.06 bits per heavy atom. The first kappa shape index (κ1) is 22.1. The molecule has 5 heteroatoms. The first-order chi connectivity index (χ1) is 16.0. The Balaban J connectivity index is 1.43. The van der Waals surface area contributed by atoms with Crippen molar-refractivity contribution in [3.8, 4) is 11.1 Å². The molecular weight excluding hydrogens is 426 g/mol. The number of rotatable bonds is 4. The molecule has 33 heavy (non-hydrogen) atoms. The van der Waals surface area contributed by atoms with Gasteiger partial charge in [0.05, 0.1) is 0 Å². The number of carbonyl (C=O) groups is 1. The van der Waals surface area contributed by atoms with Crippen molar-refractivity contribution in [1.29, 1.82) is 0 Å². The molecule has 0 unspecified atom stereocenters. The number of fused-ring (bicyclic) bond motifs is 2. The van der Waals surface area contributed by atoms with Gasteiger partial charge in [0.1, 0.15) is 0 Å². The monoisotopic (exact) mass is 457 g/mol. The fourth-order valence-corrected chi connectivity index (χ4v) is 5.81. The molecule has 1 spiro atoms. The second-order valence-electron chi connectivity index (χ2n) is 9.47. The van der Waals surface area contributed by atoms with E-state index in [1.54, 1.807) is 0 Å². The zero-order chi connectivity index (χ0) is 23.0. The highest BCUT2D eigenvalue weighted by Crippen LogP contribution is 2.51. The Kier molecular flexibility index (Phi) is 5.94. The Bertz CT molecular complexity index is 1180. The van der Waals surface area contributed by atoms with Gasteiger partial charge < -0.3 is 5.32 Å². The van der Waals surface area contributed by atoms with Crippen LogP contribution >= 0.6 is 11.9 Å². The predicted octanol–water partition coefficient (Wildman–Crippen LogP) is 6.48. The molecule has 3 aromatic rings. The van der Waals surface area contributed by atoms with Crippen LogP contribution in [0.3, 0.4) is 0 Å². The molecule has 2 aliphatic rings. The zero-order valence-corrected chi connectivity index (χ0v) is 20.2. The summed E-state index contributed by atoms with van der Waals surface area (Å²) in [5, 5.41) is 8.75. The smallest absolute Gasteiger partial charge is 0.322 e. The van der Waals surface area contributed by atoms with Crippen molar-refractivity contribution in [3.05, 3.63) is 82.9 Å². The van der Waals surface area contributed by atoms with Gasteiger partial charge in [0.2, 0.25) is 0 Å². The number of carbonyl (C=O) groups excluding carboxylic acids is 1. The highest BCUT2D eigenvalue weighted by Gasteiger charge is 2.46. The fourth-order valence-electron chi connectivity index (χ4n) is 5.52. The number of nitrogens with two attached hydrogens (primary N) is 1. The van der Waals surface area contributed by atoms with Gasteiger partial charge in [0.25, 0.3) is 0 Å². The summed E-state index contributed by atoms with van der Waals surface area (Å²) in [4.78, 5) is 16.3. The van der Waals surface area contributed by atoms with Crippen molar-refractivity contribution < 1.29 is 4.79 Å². The van der Waals surface area contributed by atoms with E-state index in [0.717, 1.165) is 35.5 Å². The van der Waals surface area contributed by atoms with Crippen molar-refractivity contribution in [2.45, 2.75) is 56.4 Å². The van der Waals surface area contributed by atoms with Crippen LogP contribution < -0.4 is 15.4 Å². The maximum absolute atomic E-state index is 13.3. The molecule has 4 nitrogen and oxygen atoms in total. The lowest BCUT2D eigenvalue weighted by Crippen LogP contribution is -2.41. The van der Waals surface area contributed by atoms with Gasteiger partial charge in [-0.05, 0) is 96.3 Å². The molecule has 5 rings (SSSR count). The minimum atomic E-state index is -0.0169.